The summed E-state index contributed by atoms with van der Waals surface area (Å²) in [7, 11) is 0. The van der Waals surface area contributed by atoms with E-state index in [-0.39, 0.29) is 0 Å². The van der Waals surface area contributed by atoms with Crippen LogP contribution < -0.4 is 5.32 Å². The van der Waals surface area contributed by atoms with Gasteiger partial charge in [0.05, 0.1) is 5.60 Å². The van der Waals surface area contributed by atoms with Crippen LogP contribution in [0.15, 0.2) is 24.3 Å². The fourth-order valence-electron chi connectivity index (χ4n) is 3.40. The Kier molecular flexibility index (Phi) is 3.64. The van der Waals surface area contributed by atoms with E-state index in [0.29, 0.717) is 5.92 Å². The molecule has 1 heterocycles. The average molecular weight is 259 g/mol. The summed E-state index contributed by atoms with van der Waals surface area (Å²) in [6.07, 6.45) is 6.33. The molecule has 2 fully saturated rings. The van der Waals surface area contributed by atoms with Crippen molar-refractivity contribution in [3.05, 3.63) is 35.4 Å². The van der Waals surface area contributed by atoms with Crippen molar-refractivity contribution in [3.63, 3.8) is 0 Å². The second kappa shape index (κ2) is 5.26. The zero-order chi connectivity index (χ0) is 13.3. The maximum Gasteiger partial charge on any atom is 0.0908 e. The number of hydrogen-bond acceptors (Lipinski definition) is 2. The van der Waals surface area contributed by atoms with E-state index >= 15 is 0 Å². The van der Waals surface area contributed by atoms with Gasteiger partial charge in [0.1, 0.15) is 0 Å². The van der Waals surface area contributed by atoms with E-state index in [9.17, 15) is 5.11 Å². The molecule has 0 spiro atoms. The minimum Gasteiger partial charge on any atom is -0.385 e. The van der Waals surface area contributed by atoms with Crippen LogP contribution in [-0.4, -0.2) is 18.2 Å². The Balaban J connectivity index is 1.75. The molecule has 3 rings (SSSR count). The van der Waals surface area contributed by atoms with Crippen molar-refractivity contribution in [2.24, 2.45) is 5.92 Å². The quantitative estimate of drug-likeness (QED) is 0.874. The molecule has 0 aromatic heterocycles. The van der Waals surface area contributed by atoms with Crippen molar-refractivity contribution in [2.45, 2.75) is 50.5 Å². The second-order valence-corrected chi connectivity index (χ2v) is 6.44. The van der Waals surface area contributed by atoms with Crippen LogP contribution in [0, 0.1) is 5.92 Å². The Labute approximate surface area is 116 Å². The van der Waals surface area contributed by atoms with Gasteiger partial charge in [-0.25, -0.2) is 0 Å². The largest absolute Gasteiger partial charge is 0.385 e. The van der Waals surface area contributed by atoms with Crippen molar-refractivity contribution >= 4 is 0 Å². The molecule has 2 N–H and O–H groups in total. The molecule has 0 bridgehead atoms. The number of nitrogens with one attached hydrogen (secondary N) is 1. The predicted octanol–water partition coefficient (Wildman–Crippen LogP) is 3.16. The molecule has 1 aliphatic carbocycles. The summed E-state index contributed by atoms with van der Waals surface area (Å²) in [5.41, 5.74) is 1.82. The normalized spacial score (nSPS) is 27.6. The average Bonchev–Trinajstić information content (AvgIpc) is 2.38. The molecule has 2 atom stereocenters. The van der Waals surface area contributed by atoms with E-state index < -0.39 is 5.60 Å². The van der Waals surface area contributed by atoms with E-state index in [2.05, 4.69) is 29.6 Å². The first-order chi connectivity index (χ1) is 9.18. The van der Waals surface area contributed by atoms with Crippen LogP contribution in [0.2, 0.25) is 0 Å². The van der Waals surface area contributed by atoms with Gasteiger partial charge in [0.2, 0.25) is 0 Å². The second-order valence-electron chi connectivity index (χ2n) is 6.44. The molecule has 104 valence electrons. The van der Waals surface area contributed by atoms with Crippen LogP contribution in [0.4, 0.5) is 0 Å². The van der Waals surface area contributed by atoms with Gasteiger partial charge in [0.15, 0.2) is 0 Å². The molecule has 19 heavy (non-hydrogen) atoms. The van der Waals surface area contributed by atoms with Crippen molar-refractivity contribution in [1.82, 2.24) is 5.32 Å². The minimum atomic E-state index is -0.703. The minimum absolute atomic E-state index is 0.329. The number of rotatable bonds is 3. The third kappa shape index (κ3) is 2.56. The summed E-state index contributed by atoms with van der Waals surface area (Å²) >= 11 is 0. The van der Waals surface area contributed by atoms with Crippen LogP contribution in [0.1, 0.15) is 56.1 Å². The van der Waals surface area contributed by atoms with Gasteiger partial charge >= 0.3 is 0 Å². The Morgan fingerprint density at radius 1 is 1.11 bits per heavy atom. The first-order valence-electron chi connectivity index (χ1n) is 7.71. The highest BCUT2D eigenvalue weighted by Crippen LogP contribution is 2.38. The Hall–Kier alpha value is -0.860. The molecule has 1 aliphatic heterocycles. The highest BCUT2D eigenvalue weighted by molar-refractivity contribution is 5.30. The molecule has 2 aliphatic rings. The molecule has 1 aromatic rings. The maximum absolute atomic E-state index is 10.9. The fourth-order valence-corrected chi connectivity index (χ4v) is 3.40. The summed E-state index contributed by atoms with van der Waals surface area (Å²) < 4.78 is 0. The topological polar surface area (TPSA) is 32.3 Å². The standard InChI is InChI=1S/C17H25NO/c1-17(19,16-6-3-11-18-12-16)15-9-7-14(8-10-15)13-4-2-5-13/h7-10,13,16,18-19H,2-6,11-12H2,1H3. The lowest BCUT2D eigenvalue weighted by Gasteiger charge is -2.36. The monoisotopic (exact) mass is 259 g/mol. The molecule has 1 aromatic carbocycles. The first kappa shape index (κ1) is 13.1. The lowest BCUT2D eigenvalue weighted by Crippen LogP contribution is -2.42. The lowest BCUT2D eigenvalue weighted by molar-refractivity contribution is -0.0156. The van der Waals surface area contributed by atoms with E-state index in [1.807, 2.05) is 6.92 Å². The van der Waals surface area contributed by atoms with Gasteiger partial charge in [-0.1, -0.05) is 30.7 Å². The summed E-state index contributed by atoms with van der Waals surface area (Å²) in [6, 6.07) is 8.73. The smallest absolute Gasteiger partial charge is 0.0908 e. The van der Waals surface area contributed by atoms with Gasteiger partial charge in [-0.15, -0.1) is 0 Å². The van der Waals surface area contributed by atoms with E-state index in [0.717, 1.165) is 31.0 Å². The van der Waals surface area contributed by atoms with Gasteiger partial charge in [-0.3, -0.25) is 0 Å². The van der Waals surface area contributed by atoms with Crippen LogP contribution in [0.5, 0.6) is 0 Å². The fraction of sp³-hybridized carbons (Fsp3) is 0.647. The van der Waals surface area contributed by atoms with Gasteiger partial charge in [-0.2, -0.15) is 0 Å². The van der Waals surface area contributed by atoms with Crippen molar-refractivity contribution in [2.75, 3.05) is 13.1 Å². The molecular formula is C17H25NO. The van der Waals surface area contributed by atoms with Crippen molar-refractivity contribution in [3.8, 4) is 0 Å². The zero-order valence-corrected chi connectivity index (χ0v) is 11.9. The van der Waals surface area contributed by atoms with Crippen molar-refractivity contribution < 1.29 is 5.11 Å². The van der Waals surface area contributed by atoms with Gasteiger partial charge in [-0.05, 0) is 56.2 Å². The predicted molar refractivity (Wildman–Crippen MR) is 78.2 cm³/mol. The summed E-state index contributed by atoms with van der Waals surface area (Å²) in [5, 5.41) is 14.3. The molecular weight excluding hydrogens is 234 g/mol. The third-order valence-electron chi connectivity index (χ3n) is 5.16. The van der Waals surface area contributed by atoms with E-state index in [1.54, 1.807) is 0 Å². The molecule has 1 saturated carbocycles. The lowest BCUT2D eigenvalue weighted by atomic mass is 9.76. The molecule has 2 nitrogen and oxygen atoms in total. The maximum atomic E-state index is 10.9. The van der Waals surface area contributed by atoms with Crippen LogP contribution in [-0.2, 0) is 5.60 Å². The van der Waals surface area contributed by atoms with E-state index in [4.69, 9.17) is 0 Å². The first-order valence-corrected chi connectivity index (χ1v) is 7.71. The van der Waals surface area contributed by atoms with Gasteiger partial charge in [0.25, 0.3) is 0 Å². The summed E-state index contributed by atoms with van der Waals surface area (Å²) in [6.45, 7) is 3.99. The molecule has 1 saturated heterocycles. The SMILES string of the molecule is CC(O)(c1ccc(C2CCC2)cc1)C1CCCNC1. The number of benzene rings is 1. The Bertz CT molecular complexity index is 413. The molecule has 2 unspecified atom stereocenters. The Morgan fingerprint density at radius 3 is 2.37 bits per heavy atom. The number of piperidine rings is 1. The zero-order valence-electron chi connectivity index (χ0n) is 11.9. The van der Waals surface area contributed by atoms with Crippen LogP contribution in [0.25, 0.3) is 0 Å². The molecule has 0 amide bonds. The molecule has 0 radical (unpaired) electrons. The summed E-state index contributed by atoms with van der Waals surface area (Å²) in [5.74, 6) is 1.10. The van der Waals surface area contributed by atoms with Crippen LogP contribution >= 0.6 is 0 Å². The van der Waals surface area contributed by atoms with Crippen LogP contribution in [0.3, 0.4) is 0 Å². The summed E-state index contributed by atoms with van der Waals surface area (Å²) in [4.78, 5) is 0. The van der Waals surface area contributed by atoms with Gasteiger partial charge in [0, 0.05) is 12.5 Å². The van der Waals surface area contributed by atoms with Crippen molar-refractivity contribution in [1.29, 1.82) is 0 Å². The Morgan fingerprint density at radius 2 is 1.84 bits per heavy atom. The molecule has 2 heteroatoms. The third-order valence-corrected chi connectivity index (χ3v) is 5.16. The highest BCUT2D eigenvalue weighted by Gasteiger charge is 2.34. The number of hydrogen-bond donors (Lipinski definition) is 2. The number of aliphatic hydroxyl groups is 1. The van der Waals surface area contributed by atoms with Gasteiger partial charge < -0.3 is 10.4 Å². The highest BCUT2D eigenvalue weighted by atomic mass is 16.3. The van der Waals surface area contributed by atoms with E-state index in [1.165, 1.54) is 31.2 Å².